The number of hydrogen-bond donors (Lipinski definition) is 1. The number of nitrogens with zero attached hydrogens (tertiary/aromatic N) is 2. The average molecular weight is 389 g/mol. The van der Waals surface area contributed by atoms with E-state index in [2.05, 4.69) is 10.2 Å². The molecule has 0 saturated heterocycles. The molecule has 1 amide bonds. The summed E-state index contributed by atoms with van der Waals surface area (Å²) in [5.41, 5.74) is 0.0811. The molecule has 0 aromatic heterocycles. The van der Waals surface area contributed by atoms with Crippen molar-refractivity contribution in [1.82, 2.24) is 4.90 Å². The number of ether oxygens (including phenoxy) is 1. The van der Waals surface area contributed by atoms with Gasteiger partial charge in [-0.2, -0.15) is 0 Å². The highest BCUT2D eigenvalue weighted by Crippen LogP contribution is 2.31. The van der Waals surface area contributed by atoms with Crippen LogP contribution in [0.3, 0.4) is 0 Å². The Hall–Kier alpha value is -2.15. The molecule has 0 bridgehead atoms. The quantitative estimate of drug-likeness (QED) is 0.548. The van der Waals surface area contributed by atoms with Gasteiger partial charge in [0.05, 0.1) is 24.6 Å². The predicted octanol–water partition coefficient (Wildman–Crippen LogP) is 4.51. The molecular formula is C21H31N3O4. The fourth-order valence-electron chi connectivity index (χ4n) is 4.63. The Bertz CT molecular complexity index is 664. The Kier molecular flexibility index (Phi) is 7.25. The minimum absolute atomic E-state index is 0.144. The summed E-state index contributed by atoms with van der Waals surface area (Å²) in [6, 6.07) is 5.42. The molecule has 2 saturated carbocycles. The Balaban J connectivity index is 1.72. The number of nitro groups is 1. The van der Waals surface area contributed by atoms with E-state index in [9.17, 15) is 14.9 Å². The molecular weight excluding hydrogens is 358 g/mol. The number of nitrogens with one attached hydrogen (secondary N) is 1. The van der Waals surface area contributed by atoms with E-state index in [4.69, 9.17) is 4.74 Å². The van der Waals surface area contributed by atoms with Crippen molar-refractivity contribution in [3.8, 4) is 5.75 Å². The van der Waals surface area contributed by atoms with Crippen LogP contribution in [0.4, 0.5) is 11.4 Å². The zero-order chi connectivity index (χ0) is 19.9. The summed E-state index contributed by atoms with van der Waals surface area (Å²) in [5, 5.41) is 14.2. The zero-order valence-corrected chi connectivity index (χ0v) is 16.7. The fraction of sp³-hybridized carbons (Fsp3) is 0.667. The standard InChI is InChI=1S/C21H31N3O4/c1-28-18-12-13-19(20(14-18)24(26)27)22-21(25)15-23(16-8-4-2-5-9-16)17-10-6-3-7-11-17/h12-14,16-17H,2-11,15H2,1H3,(H,22,25). The van der Waals surface area contributed by atoms with E-state index in [0.29, 0.717) is 24.4 Å². The maximum Gasteiger partial charge on any atom is 0.296 e. The minimum atomic E-state index is -0.488. The van der Waals surface area contributed by atoms with Gasteiger partial charge >= 0.3 is 0 Å². The minimum Gasteiger partial charge on any atom is -0.496 e. The first-order valence-electron chi connectivity index (χ1n) is 10.5. The summed E-state index contributed by atoms with van der Waals surface area (Å²) in [7, 11) is 1.46. The number of hydrogen-bond acceptors (Lipinski definition) is 5. The van der Waals surface area contributed by atoms with Gasteiger partial charge in [0.15, 0.2) is 0 Å². The Morgan fingerprint density at radius 1 is 1.11 bits per heavy atom. The van der Waals surface area contributed by atoms with Crippen LogP contribution in [-0.4, -0.2) is 41.5 Å². The highest BCUT2D eigenvalue weighted by Gasteiger charge is 2.30. The third-order valence-corrected chi connectivity index (χ3v) is 6.09. The first kappa shape index (κ1) is 20.6. The molecule has 0 spiro atoms. The van der Waals surface area contributed by atoms with E-state index in [1.807, 2.05) is 0 Å². The van der Waals surface area contributed by atoms with Crippen molar-refractivity contribution >= 4 is 17.3 Å². The summed E-state index contributed by atoms with van der Waals surface area (Å²) in [6.07, 6.45) is 12.0. The maximum absolute atomic E-state index is 12.8. The lowest BCUT2D eigenvalue weighted by Gasteiger charge is -2.41. The van der Waals surface area contributed by atoms with E-state index < -0.39 is 4.92 Å². The van der Waals surface area contributed by atoms with Crippen LogP contribution in [0.25, 0.3) is 0 Å². The summed E-state index contributed by atoms with van der Waals surface area (Å²) in [4.78, 5) is 26.1. The lowest BCUT2D eigenvalue weighted by atomic mass is 9.88. The second-order valence-electron chi connectivity index (χ2n) is 7.94. The molecule has 2 fully saturated rings. The average Bonchev–Trinajstić information content (AvgIpc) is 2.73. The molecule has 28 heavy (non-hydrogen) atoms. The molecule has 7 heteroatoms. The van der Waals surface area contributed by atoms with E-state index in [1.165, 1.54) is 51.7 Å². The highest BCUT2D eigenvalue weighted by atomic mass is 16.6. The molecule has 3 rings (SSSR count). The van der Waals surface area contributed by atoms with Crippen molar-refractivity contribution in [2.24, 2.45) is 0 Å². The van der Waals surface area contributed by atoms with E-state index >= 15 is 0 Å². The van der Waals surface area contributed by atoms with Crippen molar-refractivity contribution in [3.63, 3.8) is 0 Å². The molecule has 1 aromatic rings. The Morgan fingerprint density at radius 3 is 2.18 bits per heavy atom. The molecule has 0 aliphatic heterocycles. The van der Waals surface area contributed by atoms with Gasteiger partial charge in [-0.25, -0.2) is 0 Å². The van der Waals surface area contributed by atoms with Gasteiger partial charge in [-0.15, -0.1) is 0 Å². The Labute approximate surface area is 166 Å². The number of methoxy groups -OCH3 is 1. The molecule has 1 aromatic carbocycles. The predicted molar refractivity (Wildman–Crippen MR) is 109 cm³/mol. The van der Waals surface area contributed by atoms with Crippen LogP contribution in [-0.2, 0) is 4.79 Å². The van der Waals surface area contributed by atoms with Crippen LogP contribution >= 0.6 is 0 Å². The summed E-state index contributed by atoms with van der Waals surface area (Å²) >= 11 is 0. The number of carbonyl (C=O) groups is 1. The van der Waals surface area contributed by atoms with Crippen LogP contribution in [0.5, 0.6) is 5.75 Å². The molecule has 0 unspecified atom stereocenters. The van der Waals surface area contributed by atoms with Crippen molar-refractivity contribution in [2.75, 3.05) is 19.0 Å². The normalized spacial score (nSPS) is 18.8. The van der Waals surface area contributed by atoms with Gasteiger partial charge in [0.25, 0.3) is 5.69 Å². The van der Waals surface area contributed by atoms with Crippen molar-refractivity contribution in [3.05, 3.63) is 28.3 Å². The highest BCUT2D eigenvalue weighted by molar-refractivity contribution is 5.94. The largest absolute Gasteiger partial charge is 0.496 e. The third kappa shape index (κ3) is 5.22. The smallest absolute Gasteiger partial charge is 0.296 e. The molecule has 0 atom stereocenters. The molecule has 2 aliphatic carbocycles. The second-order valence-corrected chi connectivity index (χ2v) is 7.94. The maximum atomic E-state index is 12.8. The number of amides is 1. The topological polar surface area (TPSA) is 84.7 Å². The molecule has 2 aliphatic rings. The van der Waals surface area contributed by atoms with E-state index in [-0.39, 0.29) is 17.3 Å². The number of nitro benzene ring substituents is 1. The fourth-order valence-corrected chi connectivity index (χ4v) is 4.63. The van der Waals surface area contributed by atoms with Gasteiger partial charge in [-0.1, -0.05) is 38.5 Å². The Morgan fingerprint density at radius 2 is 1.68 bits per heavy atom. The van der Waals surface area contributed by atoms with E-state index in [0.717, 1.165) is 25.7 Å². The molecule has 7 nitrogen and oxygen atoms in total. The number of benzene rings is 1. The van der Waals surface area contributed by atoms with Gasteiger partial charge in [0, 0.05) is 12.1 Å². The van der Waals surface area contributed by atoms with Gasteiger partial charge < -0.3 is 10.1 Å². The molecule has 0 radical (unpaired) electrons. The van der Waals surface area contributed by atoms with Gasteiger partial charge in [0.1, 0.15) is 11.4 Å². The monoisotopic (exact) mass is 389 g/mol. The summed E-state index contributed by atoms with van der Waals surface area (Å²) < 4.78 is 5.06. The van der Waals surface area contributed by atoms with Gasteiger partial charge in [-0.3, -0.25) is 19.8 Å². The van der Waals surface area contributed by atoms with Crippen LogP contribution in [0, 0.1) is 10.1 Å². The van der Waals surface area contributed by atoms with Gasteiger partial charge in [-0.05, 0) is 37.8 Å². The van der Waals surface area contributed by atoms with Gasteiger partial charge in [0.2, 0.25) is 5.91 Å². The van der Waals surface area contributed by atoms with Crippen LogP contribution in [0.15, 0.2) is 18.2 Å². The number of carbonyl (C=O) groups excluding carboxylic acids is 1. The zero-order valence-electron chi connectivity index (χ0n) is 16.7. The first-order chi connectivity index (χ1) is 13.6. The summed E-state index contributed by atoms with van der Waals surface area (Å²) in [5.74, 6) is 0.222. The first-order valence-corrected chi connectivity index (χ1v) is 10.5. The van der Waals surface area contributed by atoms with Crippen LogP contribution in [0.1, 0.15) is 64.2 Å². The van der Waals surface area contributed by atoms with Crippen molar-refractivity contribution < 1.29 is 14.5 Å². The molecule has 1 N–H and O–H groups in total. The van der Waals surface area contributed by atoms with Crippen molar-refractivity contribution in [2.45, 2.75) is 76.3 Å². The molecule has 0 heterocycles. The lowest BCUT2D eigenvalue weighted by Crippen LogP contribution is -2.48. The SMILES string of the molecule is COc1ccc(NC(=O)CN(C2CCCCC2)C2CCCCC2)c([N+](=O)[O-])c1. The second kappa shape index (κ2) is 9.87. The lowest BCUT2D eigenvalue weighted by molar-refractivity contribution is -0.384. The van der Waals surface area contributed by atoms with E-state index in [1.54, 1.807) is 12.1 Å². The summed E-state index contributed by atoms with van der Waals surface area (Å²) in [6.45, 7) is 0.304. The molecule has 154 valence electrons. The number of rotatable bonds is 7. The van der Waals surface area contributed by atoms with Crippen LogP contribution < -0.4 is 10.1 Å². The third-order valence-electron chi connectivity index (χ3n) is 6.09. The number of anilines is 1. The van der Waals surface area contributed by atoms with Crippen molar-refractivity contribution in [1.29, 1.82) is 0 Å². The van der Waals surface area contributed by atoms with Crippen LogP contribution in [0.2, 0.25) is 0 Å².